The third-order valence-electron chi connectivity index (χ3n) is 2.21. The van der Waals surface area contributed by atoms with E-state index in [0.29, 0.717) is 5.78 Å². The van der Waals surface area contributed by atoms with Crippen LogP contribution in [0.3, 0.4) is 0 Å². The summed E-state index contributed by atoms with van der Waals surface area (Å²) in [5.41, 5.74) is 7.08. The summed E-state index contributed by atoms with van der Waals surface area (Å²) in [7, 11) is 0. The first-order valence-electron chi connectivity index (χ1n) is 4.10. The van der Waals surface area contributed by atoms with E-state index >= 15 is 0 Å². The summed E-state index contributed by atoms with van der Waals surface area (Å²) in [6, 6.07) is 0. The first-order valence-corrected chi connectivity index (χ1v) is 5.25. The molecule has 72 valence electrons. The van der Waals surface area contributed by atoms with Crippen molar-refractivity contribution < 1.29 is 0 Å². The van der Waals surface area contributed by atoms with E-state index in [-0.39, 0.29) is 11.5 Å². The molecule has 1 aliphatic heterocycles. The third-order valence-corrected chi connectivity index (χ3v) is 3.18. The molecule has 6 nitrogen and oxygen atoms in total. The number of aromatic nitrogens is 4. The van der Waals surface area contributed by atoms with E-state index in [1.54, 1.807) is 16.3 Å². The molecule has 0 aromatic carbocycles. The Kier molecular flexibility index (Phi) is 1.41. The number of anilines is 1. The lowest BCUT2D eigenvalue weighted by Gasteiger charge is -1.98. The summed E-state index contributed by atoms with van der Waals surface area (Å²) in [5.74, 6) is 2.14. The molecule has 0 saturated carbocycles. The van der Waals surface area contributed by atoms with Crippen molar-refractivity contribution in [3.63, 3.8) is 0 Å². The molecule has 3 rings (SSSR count). The van der Waals surface area contributed by atoms with Crippen molar-refractivity contribution >= 4 is 23.5 Å². The molecule has 0 bridgehead atoms. The predicted molar refractivity (Wildman–Crippen MR) is 53.0 cm³/mol. The van der Waals surface area contributed by atoms with Gasteiger partial charge in [0.1, 0.15) is 0 Å². The van der Waals surface area contributed by atoms with E-state index in [1.807, 2.05) is 0 Å². The molecule has 7 heteroatoms. The second-order valence-electron chi connectivity index (χ2n) is 3.08. The van der Waals surface area contributed by atoms with Gasteiger partial charge >= 0.3 is 0 Å². The quantitative estimate of drug-likeness (QED) is 0.624. The van der Waals surface area contributed by atoms with Crippen LogP contribution in [-0.2, 0) is 11.5 Å². The molecule has 0 saturated heterocycles. The lowest BCUT2D eigenvalue weighted by Crippen LogP contribution is -2.16. The summed E-state index contributed by atoms with van der Waals surface area (Å²) in [4.78, 5) is 18.1. The molecule has 3 heterocycles. The molecule has 14 heavy (non-hydrogen) atoms. The van der Waals surface area contributed by atoms with Gasteiger partial charge < -0.3 is 5.73 Å². The highest BCUT2D eigenvalue weighted by atomic mass is 32.2. The summed E-state index contributed by atoms with van der Waals surface area (Å²) < 4.78 is 1.62. The molecule has 0 radical (unpaired) electrons. The molecule has 1 aliphatic rings. The number of thioether (sulfide) groups is 1. The van der Waals surface area contributed by atoms with Crippen molar-refractivity contribution in [1.82, 2.24) is 19.6 Å². The number of fused-ring (bicyclic) bond motifs is 3. The summed E-state index contributed by atoms with van der Waals surface area (Å²) in [6.07, 6.45) is 0. The van der Waals surface area contributed by atoms with Gasteiger partial charge in [-0.1, -0.05) is 0 Å². The fourth-order valence-corrected chi connectivity index (χ4v) is 2.67. The first kappa shape index (κ1) is 7.86. The van der Waals surface area contributed by atoms with E-state index in [9.17, 15) is 4.79 Å². The minimum Gasteiger partial charge on any atom is -0.366 e. The van der Waals surface area contributed by atoms with Crippen LogP contribution >= 0.6 is 11.8 Å². The Morgan fingerprint density at radius 2 is 2.36 bits per heavy atom. The van der Waals surface area contributed by atoms with Crippen LogP contribution in [0.1, 0.15) is 11.3 Å². The zero-order chi connectivity index (χ0) is 9.71. The number of nitrogen functional groups attached to an aromatic ring is 1. The molecule has 0 amide bonds. The smallest absolute Gasteiger partial charge is 0.256 e. The highest BCUT2D eigenvalue weighted by Gasteiger charge is 2.20. The fraction of sp³-hybridized carbons (Fsp3) is 0.286. The second kappa shape index (κ2) is 2.50. The zero-order valence-corrected chi connectivity index (χ0v) is 7.97. The lowest BCUT2D eigenvalue weighted by atomic mass is 10.3. The van der Waals surface area contributed by atoms with Crippen LogP contribution in [0.25, 0.3) is 5.78 Å². The Morgan fingerprint density at radius 1 is 1.50 bits per heavy atom. The van der Waals surface area contributed by atoms with Gasteiger partial charge in [-0.15, -0.1) is 5.10 Å². The fourth-order valence-electron chi connectivity index (χ4n) is 1.58. The Labute approximate surface area is 82.5 Å². The van der Waals surface area contributed by atoms with E-state index in [0.717, 1.165) is 22.8 Å². The molecular formula is C7H7N5OS. The average Bonchev–Trinajstić information content (AvgIpc) is 2.69. The lowest BCUT2D eigenvalue weighted by molar-refractivity contribution is 0.873. The van der Waals surface area contributed by atoms with E-state index in [1.165, 1.54) is 0 Å². The van der Waals surface area contributed by atoms with Crippen molar-refractivity contribution in [3.8, 4) is 0 Å². The van der Waals surface area contributed by atoms with Crippen LogP contribution in [0, 0.1) is 0 Å². The van der Waals surface area contributed by atoms with Gasteiger partial charge in [-0.25, -0.2) is 0 Å². The largest absolute Gasteiger partial charge is 0.366 e. The SMILES string of the molecule is Nc1nc2[nH]c(=O)c3c(n2n1)CSC3. The normalized spacial score (nSPS) is 14.9. The Hall–Kier alpha value is -1.50. The van der Waals surface area contributed by atoms with Crippen LogP contribution in [-0.4, -0.2) is 19.6 Å². The number of hydrogen-bond donors (Lipinski definition) is 2. The third kappa shape index (κ3) is 0.897. The molecule has 2 aromatic rings. The standard InChI is InChI=1S/C7H7N5OS/c8-6-10-7-9-5(13)3-1-14-2-4(3)12(7)11-6/h1-2H2,(H3,8,9,10,11,13). The van der Waals surface area contributed by atoms with Gasteiger partial charge in [-0.05, 0) is 0 Å². The van der Waals surface area contributed by atoms with Crippen LogP contribution in [0.4, 0.5) is 5.95 Å². The number of nitrogens with one attached hydrogen (secondary N) is 1. The molecule has 0 unspecified atom stereocenters. The number of hydrogen-bond acceptors (Lipinski definition) is 5. The van der Waals surface area contributed by atoms with Crippen molar-refractivity contribution in [2.75, 3.05) is 5.73 Å². The van der Waals surface area contributed by atoms with Crippen molar-refractivity contribution in [3.05, 3.63) is 21.6 Å². The van der Waals surface area contributed by atoms with Crippen LogP contribution < -0.4 is 11.3 Å². The number of aromatic amines is 1. The van der Waals surface area contributed by atoms with Gasteiger partial charge in [-0.3, -0.25) is 9.78 Å². The van der Waals surface area contributed by atoms with Crippen molar-refractivity contribution in [1.29, 1.82) is 0 Å². The molecule has 0 spiro atoms. The maximum absolute atomic E-state index is 11.5. The van der Waals surface area contributed by atoms with Gasteiger partial charge in [0, 0.05) is 17.1 Å². The minimum atomic E-state index is -0.0788. The summed E-state index contributed by atoms with van der Waals surface area (Å²) >= 11 is 1.69. The van der Waals surface area contributed by atoms with Gasteiger partial charge in [0.15, 0.2) is 0 Å². The second-order valence-corrected chi connectivity index (χ2v) is 4.06. The summed E-state index contributed by atoms with van der Waals surface area (Å²) in [5, 5.41) is 4.03. The predicted octanol–water partition coefficient (Wildman–Crippen LogP) is -0.253. The Morgan fingerprint density at radius 3 is 3.21 bits per heavy atom. The van der Waals surface area contributed by atoms with E-state index < -0.39 is 0 Å². The van der Waals surface area contributed by atoms with Crippen LogP contribution in [0.15, 0.2) is 4.79 Å². The van der Waals surface area contributed by atoms with Crippen LogP contribution in [0.2, 0.25) is 0 Å². The molecule has 2 aromatic heterocycles. The highest BCUT2D eigenvalue weighted by molar-refractivity contribution is 7.98. The Bertz CT molecular complexity index is 571. The molecule has 0 aliphatic carbocycles. The number of nitrogens with zero attached hydrogens (tertiary/aromatic N) is 3. The van der Waals surface area contributed by atoms with Gasteiger partial charge in [0.25, 0.3) is 5.56 Å². The van der Waals surface area contributed by atoms with Gasteiger partial charge in [0.2, 0.25) is 11.7 Å². The van der Waals surface area contributed by atoms with Crippen molar-refractivity contribution in [2.45, 2.75) is 11.5 Å². The average molecular weight is 209 g/mol. The zero-order valence-electron chi connectivity index (χ0n) is 7.15. The van der Waals surface area contributed by atoms with Crippen molar-refractivity contribution in [2.24, 2.45) is 0 Å². The number of rotatable bonds is 0. The minimum absolute atomic E-state index is 0.0788. The molecule has 0 atom stereocenters. The number of H-pyrrole nitrogens is 1. The van der Waals surface area contributed by atoms with Gasteiger partial charge in [0.05, 0.1) is 5.69 Å². The molecular weight excluding hydrogens is 202 g/mol. The van der Waals surface area contributed by atoms with E-state index in [4.69, 9.17) is 5.73 Å². The topological polar surface area (TPSA) is 89.1 Å². The maximum atomic E-state index is 11.5. The number of nitrogens with two attached hydrogens (primary N) is 1. The molecule has 0 fully saturated rings. The monoisotopic (exact) mass is 209 g/mol. The van der Waals surface area contributed by atoms with Crippen LogP contribution in [0.5, 0.6) is 0 Å². The first-order chi connectivity index (χ1) is 6.75. The van der Waals surface area contributed by atoms with Gasteiger partial charge in [-0.2, -0.15) is 21.3 Å². The highest BCUT2D eigenvalue weighted by Crippen LogP contribution is 2.26. The molecule has 3 N–H and O–H groups in total. The van der Waals surface area contributed by atoms with E-state index in [2.05, 4.69) is 15.1 Å². The maximum Gasteiger partial charge on any atom is 0.256 e. The summed E-state index contributed by atoms with van der Waals surface area (Å²) in [6.45, 7) is 0. The Balaban J connectivity index is 2.51.